The number of carboxylic acid groups (broad SMARTS) is 2. The highest BCUT2D eigenvalue weighted by atomic mass is 16.4. The van der Waals surface area contributed by atoms with Crippen molar-refractivity contribution in [1.29, 1.82) is 0 Å². The van der Waals surface area contributed by atoms with Gasteiger partial charge in [-0.3, -0.25) is 0 Å². The molecule has 0 unspecified atom stereocenters. The average Bonchev–Trinajstić information content (AvgIpc) is 2.28. The number of carboxylic acids is 2. The van der Waals surface area contributed by atoms with Crippen LogP contribution in [0.15, 0.2) is 42.0 Å². The molecule has 4 heteroatoms. The van der Waals surface area contributed by atoms with Crippen molar-refractivity contribution < 1.29 is 19.8 Å². The summed E-state index contributed by atoms with van der Waals surface area (Å²) in [5, 5.41) is 17.3. The van der Waals surface area contributed by atoms with Gasteiger partial charge in [0.15, 0.2) is 0 Å². The third-order valence-electron chi connectivity index (χ3n) is 2.33. The number of rotatable bonds is 6. The summed E-state index contributed by atoms with van der Waals surface area (Å²) >= 11 is 0. The van der Waals surface area contributed by atoms with Crippen molar-refractivity contribution in [3.63, 3.8) is 0 Å². The Morgan fingerprint density at radius 3 is 2.29 bits per heavy atom. The zero-order chi connectivity index (χ0) is 12.7. The first-order valence-corrected chi connectivity index (χ1v) is 5.30. The van der Waals surface area contributed by atoms with E-state index in [9.17, 15) is 9.59 Å². The lowest BCUT2D eigenvalue weighted by atomic mass is 10.0. The third-order valence-corrected chi connectivity index (χ3v) is 2.33. The van der Waals surface area contributed by atoms with Gasteiger partial charge in [0.25, 0.3) is 0 Å². The molecule has 1 aromatic carbocycles. The van der Waals surface area contributed by atoms with Gasteiger partial charge in [0.2, 0.25) is 0 Å². The molecular weight excluding hydrogens is 220 g/mol. The maximum atomic E-state index is 10.7. The average molecular weight is 234 g/mol. The monoisotopic (exact) mass is 234 g/mol. The largest absolute Gasteiger partial charge is 0.478 e. The predicted molar refractivity (Wildman–Crippen MR) is 62.7 cm³/mol. The van der Waals surface area contributed by atoms with Crippen LogP contribution in [0.4, 0.5) is 0 Å². The minimum Gasteiger partial charge on any atom is -0.478 e. The predicted octanol–water partition coefficient (Wildman–Crippen LogP) is 2.10. The van der Waals surface area contributed by atoms with Crippen LogP contribution in [-0.2, 0) is 16.0 Å². The molecule has 0 aliphatic carbocycles. The van der Waals surface area contributed by atoms with Gasteiger partial charge in [-0.2, -0.15) is 0 Å². The number of hydrogen-bond acceptors (Lipinski definition) is 2. The molecule has 2 N–H and O–H groups in total. The molecule has 0 heterocycles. The molecule has 90 valence electrons. The van der Waals surface area contributed by atoms with E-state index in [1.165, 1.54) is 0 Å². The van der Waals surface area contributed by atoms with E-state index in [-0.39, 0.29) is 12.0 Å². The molecule has 4 nitrogen and oxygen atoms in total. The topological polar surface area (TPSA) is 74.6 Å². The second-order valence-corrected chi connectivity index (χ2v) is 3.65. The Hall–Kier alpha value is -2.10. The molecule has 1 rings (SSSR count). The van der Waals surface area contributed by atoms with E-state index in [1.54, 1.807) is 0 Å². The molecule has 0 saturated heterocycles. The molecule has 0 saturated carbocycles. The van der Waals surface area contributed by atoms with E-state index in [0.717, 1.165) is 18.1 Å². The summed E-state index contributed by atoms with van der Waals surface area (Å²) in [5.41, 5.74) is 1.06. The van der Waals surface area contributed by atoms with Crippen molar-refractivity contribution in [2.24, 2.45) is 0 Å². The zero-order valence-electron chi connectivity index (χ0n) is 9.30. The van der Waals surface area contributed by atoms with Gasteiger partial charge in [-0.1, -0.05) is 30.3 Å². The fourth-order valence-corrected chi connectivity index (χ4v) is 1.52. The molecular formula is C13H14O4. The van der Waals surface area contributed by atoms with Gasteiger partial charge in [0.05, 0.1) is 0 Å². The molecule has 0 fully saturated rings. The number of aliphatic carboxylic acids is 2. The Bertz CT molecular complexity index is 420. The number of carbonyl (C=O) groups is 2. The van der Waals surface area contributed by atoms with Crippen LogP contribution in [0.1, 0.15) is 18.4 Å². The van der Waals surface area contributed by atoms with Crippen molar-refractivity contribution in [3.8, 4) is 0 Å². The van der Waals surface area contributed by atoms with Gasteiger partial charge in [-0.15, -0.1) is 0 Å². The van der Waals surface area contributed by atoms with Crippen LogP contribution in [0.3, 0.4) is 0 Å². The highest BCUT2D eigenvalue weighted by Gasteiger charge is 2.08. The molecule has 0 amide bonds. The smallest absolute Gasteiger partial charge is 0.331 e. The Labute approximate surface area is 99.2 Å². The molecule has 0 aliphatic heterocycles. The minimum absolute atomic E-state index is 0.0616. The maximum absolute atomic E-state index is 10.7. The van der Waals surface area contributed by atoms with E-state index in [0.29, 0.717) is 6.42 Å². The van der Waals surface area contributed by atoms with Gasteiger partial charge < -0.3 is 10.2 Å². The summed E-state index contributed by atoms with van der Waals surface area (Å²) in [6.45, 7) is 0. The van der Waals surface area contributed by atoms with Crippen LogP contribution in [0, 0.1) is 0 Å². The van der Waals surface area contributed by atoms with Gasteiger partial charge in [-0.05, 0) is 24.8 Å². The molecule has 0 radical (unpaired) electrons. The normalized spacial score (nSPS) is 11.2. The van der Waals surface area contributed by atoms with E-state index in [4.69, 9.17) is 10.2 Å². The fraction of sp³-hybridized carbons (Fsp3) is 0.231. The van der Waals surface area contributed by atoms with Crippen molar-refractivity contribution in [3.05, 3.63) is 47.5 Å². The van der Waals surface area contributed by atoms with Crippen LogP contribution in [0.25, 0.3) is 0 Å². The highest BCUT2D eigenvalue weighted by Crippen LogP contribution is 2.10. The zero-order valence-corrected chi connectivity index (χ0v) is 9.30. The van der Waals surface area contributed by atoms with Crippen molar-refractivity contribution in [2.75, 3.05) is 0 Å². The van der Waals surface area contributed by atoms with Gasteiger partial charge in [-0.25, -0.2) is 9.59 Å². The molecule has 17 heavy (non-hydrogen) atoms. The summed E-state index contributed by atoms with van der Waals surface area (Å²) in [6.07, 6.45) is 2.38. The second kappa shape index (κ2) is 6.48. The third kappa shape index (κ3) is 4.97. The lowest BCUT2D eigenvalue weighted by Gasteiger charge is -2.02. The number of hydrogen-bond donors (Lipinski definition) is 2. The fourth-order valence-electron chi connectivity index (χ4n) is 1.52. The van der Waals surface area contributed by atoms with Gasteiger partial charge in [0, 0.05) is 11.6 Å². The summed E-state index contributed by atoms with van der Waals surface area (Å²) in [7, 11) is 0. The summed E-state index contributed by atoms with van der Waals surface area (Å²) < 4.78 is 0. The number of benzene rings is 1. The van der Waals surface area contributed by atoms with E-state index >= 15 is 0 Å². The molecule has 0 aromatic heterocycles. The maximum Gasteiger partial charge on any atom is 0.331 e. The molecule has 0 aliphatic rings. The Morgan fingerprint density at radius 1 is 1.12 bits per heavy atom. The Morgan fingerprint density at radius 2 is 1.76 bits per heavy atom. The first-order valence-electron chi connectivity index (χ1n) is 5.30. The summed E-state index contributed by atoms with van der Waals surface area (Å²) in [6, 6.07) is 9.67. The quantitative estimate of drug-likeness (QED) is 0.739. The minimum atomic E-state index is -1.22. The first-order chi connectivity index (χ1) is 8.09. The highest BCUT2D eigenvalue weighted by molar-refractivity contribution is 5.94. The van der Waals surface area contributed by atoms with Gasteiger partial charge >= 0.3 is 11.9 Å². The first kappa shape index (κ1) is 13.0. The van der Waals surface area contributed by atoms with Gasteiger partial charge in [0.1, 0.15) is 0 Å². The summed E-state index contributed by atoms with van der Waals surface area (Å²) in [4.78, 5) is 21.2. The lowest BCUT2D eigenvalue weighted by Crippen LogP contribution is -2.04. The molecule has 0 atom stereocenters. The van der Waals surface area contributed by atoms with Crippen LogP contribution >= 0.6 is 0 Å². The van der Waals surface area contributed by atoms with Crippen molar-refractivity contribution >= 4 is 11.9 Å². The van der Waals surface area contributed by atoms with E-state index in [1.807, 2.05) is 30.3 Å². The van der Waals surface area contributed by atoms with Crippen molar-refractivity contribution in [1.82, 2.24) is 0 Å². The van der Waals surface area contributed by atoms with Crippen LogP contribution < -0.4 is 0 Å². The summed E-state index contributed by atoms with van der Waals surface area (Å²) in [5.74, 6) is -2.39. The van der Waals surface area contributed by atoms with Crippen LogP contribution in [0.2, 0.25) is 0 Å². The molecule has 1 aromatic rings. The number of aryl methyl sites for hydroxylation is 1. The Balaban J connectivity index is 2.49. The second-order valence-electron chi connectivity index (χ2n) is 3.65. The molecule has 0 spiro atoms. The lowest BCUT2D eigenvalue weighted by molar-refractivity contribution is -0.135. The standard InChI is InChI=1S/C13H14O4/c14-12(15)9-11(13(16)17)8-4-7-10-5-2-1-3-6-10/h1-3,5-6,9H,4,7-8H2,(H,14,15)(H,16,17)/b11-9-. The van der Waals surface area contributed by atoms with E-state index in [2.05, 4.69) is 0 Å². The van der Waals surface area contributed by atoms with E-state index < -0.39 is 11.9 Å². The molecule has 0 bridgehead atoms. The van der Waals surface area contributed by atoms with Crippen molar-refractivity contribution in [2.45, 2.75) is 19.3 Å². The SMILES string of the molecule is O=C(O)/C=C(/CCCc1ccccc1)C(=O)O. The Kier molecular flexibility index (Phi) is 4.94. The van der Waals surface area contributed by atoms with Crippen LogP contribution in [-0.4, -0.2) is 22.2 Å². The van der Waals surface area contributed by atoms with Crippen LogP contribution in [0.5, 0.6) is 0 Å².